The maximum absolute atomic E-state index is 13.7. The Kier molecular flexibility index (Phi) is 7.15. The summed E-state index contributed by atoms with van der Waals surface area (Å²) < 4.78 is 25.0. The molecule has 1 aromatic heterocycles. The summed E-state index contributed by atoms with van der Waals surface area (Å²) in [4.78, 5) is 33.0. The third-order valence-corrected chi connectivity index (χ3v) is 9.09. The van der Waals surface area contributed by atoms with Gasteiger partial charge >= 0.3 is 0 Å². The number of aromatic nitrogens is 1. The van der Waals surface area contributed by atoms with Crippen molar-refractivity contribution in [3.05, 3.63) is 92.9 Å². The van der Waals surface area contributed by atoms with Crippen molar-refractivity contribution in [2.45, 2.75) is 36.9 Å². The van der Waals surface area contributed by atoms with Gasteiger partial charge in [-0.1, -0.05) is 36.4 Å². The van der Waals surface area contributed by atoms with Crippen LogP contribution in [0.4, 0.5) is 0 Å². The standard InChI is InChI=1S/C27H24BrN3O4S2/c1-37(34,35)22-9-6-17(7-10-22)15-29-25(32)14-21-12-18-4-2-3-5-20(18)16-31(21)26(33)19-8-11-23-24(13-19)36-27(28)30-23/h2-11,13,21H,12,14-16H2,1H3,(H,29,32)/t21-/m1/s1. The molecular weight excluding hydrogens is 574 g/mol. The number of nitrogens with zero attached hydrogens (tertiary/aromatic N) is 2. The van der Waals surface area contributed by atoms with Gasteiger partial charge in [0.1, 0.15) is 0 Å². The van der Waals surface area contributed by atoms with E-state index in [1.807, 2.05) is 36.4 Å². The van der Waals surface area contributed by atoms with Gasteiger partial charge in [-0.15, -0.1) is 11.3 Å². The van der Waals surface area contributed by atoms with Gasteiger partial charge in [-0.2, -0.15) is 0 Å². The zero-order valence-electron chi connectivity index (χ0n) is 20.0. The average molecular weight is 599 g/mol. The van der Waals surface area contributed by atoms with E-state index in [1.54, 1.807) is 23.1 Å². The van der Waals surface area contributed by atoms with E-state index in [2.05, 4.69) is 26.2 Å². The Hall–Kier alpha value is -3.08. The summed E-state index contributed by atoms with van der Waals surface area (Å²) in [5, 5.41) is 2.92. The van der Waals surface area contributed by atoms with Crippen LogP contribution in [0.25, 0.3) is 10.2 Å². The number of fused-ring (bicyclic) bond motifs is 2. The molecule has 5 rings (SSSR count). The summed E-state index contributed by atoms with van der Waals surface area (Å²) in [5.41, 5.74) is 4.42. The van der Waals surface area contributed by atoms with Gasteiger partial charge in [-0.25, -0.2) is 13.4 Å². The summed E-state index contributed by atoms with van der Waals surface area (Å²) >= 11 is 4.88. The molecule has 4 aromatic rings. The fourth-order valence-electron chi connectivity index (χ4n) is 4.54. The Balaban J connectivity index is 1.32. The third-order valence-electron chi connectivity index (χ3n) is 6.49. The Bertz CT molecular complexity index is 1600. The number of halogens is 1. The molecule has 1 atom stereocenters. The molecular formula is C27H24BrN3O4S2. The lowest BCUT2D eigenvalue weighted by molar-refractivity contribution is -0.122. The number of sulfone groups is 1. The third kappa shape index (κ3) is 5.76. The lowest BCUT2D eigenvalue weighted by Gasteiger charge is -2.37. The van der Waals surface area contributed by atoms with Crippen molar-refractivity contribution in [1.29, 1.82) is 0 Å². The Morgan fingerprint density at radius 3 is 2.54 bits per heavy atom. The highest BCUT2D eigenvalue weighted by Gasteiger charge is 2.32. The van der Waals surface area contributed by atoms with E-state index in [-0.39, 0.29) is 35.7 Å². The van der Waals surface area contributed by atoms with Crippen molar-refractivity contribution in [1.82, 2.24) is 15.2 Å². The summed E-state index contributed by atoms with van der Waals surface area (Å²) in [6, 6.07) is 19.7. The molecule has 0 bridgehead atoms. The van der Waals surface area contributed by atoms with E-state index in [1.165, 1.54) is 23.5 Å². The highest BCUT2D eigenvalue weighted by atomic mass is 79.9. The van der Waals surface area contributed by atoms with E-state index < -0.39 is 9.84 Å². The predicted molar refractivity (Wildman–Crippen MR) is 147 cm³/mol. The van der Waals surface area contributed by atoms with Gasteiger partial charge in [0.2, 0.25) is 5.91 Å². The molecule has 0 aliphatic carbocycles. The molecule has 0 unspecified atom stereocenters. The SMILES string of the molecule is CS(=O)(=O)c1ccc(CNC(=O)C[C@H]2Cc3ccccc3CN2C(=O)c2ccc3nc(Br)sc3c2)cc1. The summed E-state index contributed by atoms with van der Waals surface area (Å²) in [6.07, 6.45) is 1.91. The van der Waals surface area contributed by atoms with Gasteiger partial charge in [-0.05, 0) is 69.4 Å². The van der Waals surface area contributed by atoms with Crippen LogP contribution in [0.2, 0.25) is 0 Å². The number of carbonyl (C=O) groups excluding carboxylic acids is 2. The van der Waals surface area contributed by atoms with Crippen molar-refractivity contribution in [3.63, 3.8) is 0 Å². The fraction of sp³-hybridized carbons (Fsp3) is 0.222. The molecule has 0 saturated carbocycles. The number of benzene rings is 3. The first-order valence-corrected chi connectivity index (χ1v) is 15.2. The molecule has 7 nitrogen and oxygen atoms in total. The van der Waals surface area contributed by atoms with Crippen LogP contribution >= 0.6 is 27.3 Å². The molecule has 190 valence electrons. The second-order valence-electron chi connectivity index (χ2n) is 9.11. The molecule has 10 heteroatoms. The normalized spacial score (nSPS) is 15.4. The first-order chi connectivity index (χ1) is 17.7. The van der Waals surface area contributed by atoms with Crippen LogP contribution in [-0.2, 0) is 34.1 Å². The molecule has 2 heterocycles. The van der Waals surface area contributed by atoms with Gasteiger partial charge in [-0.3, -0.25) is 9.59 Å². The Labute approximate surface area is 227 Å². The number of carbonyl (C=O) groups is 2. The van der Waals surface area contributed by atoms with Gasteiger partial charge in [0.05, 0.1) is 15.1 Å². The smallest absolute Gasteiger partial charge is 0.254 e. The highest BCUT2D eigenvalue weighted by Crippen LogP contribution is 2.30. The number of thiazole rings is 1. The summed E-state index contributed by atoms with van der Waals surface area (Å²) in [5.74, 6) is -0.286. The van der Waals surface area contributed by atoms with E-state index in [0.29, 0.717) is 18.5 Å². The molecule has 1 aliphatic heterocycles. The van der Waals surface area contributed by atoms with E-state index in [4.69, 9.17) is 0 Å². The van der Waals surface area contributed by atoms with Crippen LogP contribution in [0.3, 0.4) is 0 Å². The molecule has 2 amide bonds. The topological polar surface area (TPSA) is 96.4 Å². The zero-order valence-corrected chi connectivity index (χ0v) is 23.2. The highest BCUT2D eigenvalue weighted by molar-refractivity contribution is 9.11. The fourth-order valence-corrected chi connectivity index (χ4v) is 6.62. The van der Waals surface area contributed by atoms with E-state index in [9.17, 15) is 18.0 Å². The van der Waals surface area contributed by atoms with Crippen molar-refractivity contribution in [3.8, 4) is 0 Å². The van der Waals surface area contributed by atoms with Crippen LogP contribution in [-0.4, -0.2) is 42.4 Å². The van der Waals surface area contributed by atoms with Crippen LogP contribution in [0.15, 0.2) is 75.5 Å². The molecule has 1 aliphatic rings. The second-order valence-corrected chi connectivity index (χ2v) is 13.4. The first kappa shape index (κ1) is 25.6. The van der Waals surface area contributed by atoms with Crippen molar-refractivity contribution < 1.29 is 18.0 Å². The quantitative estimate of drug-likeness (QED) is 0.346. The van der Waals surface area contributed by atoms with E-state index in [0.717, 1.165) is 37.1 Å². The molecule has 3 aromatic carbocycles. The minimum Gasteiger partial charge on any atom is -0.352 e. The maximum atomic E-state index is 13.7. The average Bonchev–Trinajstić information content (AvgIpc) is 3.25. The van der Waals surface area contributed by atoms with Crippen molar-refractivity contribution >= 4 is 59.1 Å². The number of hydrogen-bond donors (Lipinski definition) is 1. The minimum atomic E-state index is -3.27. The van der Waals surface area contributed by atoms with Crippen molar-refractivity contribution in [2.24, 2.45) is 0 Å². The number of nitrogens with one attached hydrogen (secondary N) is 1. The van der Waals surface area contributed by atoms with Gasteiger partial charge in [0, 0.05) is 37.4 Å². The largest absolute Gasteiger partial charge is 0.352 e. The summed E-state index contributed by atoms with van der Waals surface area (Å²) in [6.45, 7) is 0.710. The van der Waals surface area contributed by atoms with Crippen LogP contribution < -0.4 is 5.32 Å². The molecule has 37 heavy (non-hydrogen) atoms. The van der Waals surface area contributed by atoms with Gasteiger partial charge in [0.15, 0.2) is 13.8 Å². The van der Waals surface area contributed by atoms with Crippen LogP contribution in [0.5, 0.6) is 0 Å². The molecule has 1 N–H and O–H groups in total. The molecule has 0 saturated heterocycles. The second kappa shape index (κ2) is 10.4. The Morgan fingerprint density at radius 2 is 1.81 bits per heavy atom. The van der Waals surface area contributed by atoms with Gasteiger partial charge < -0.3 is 10.2 Å². The molecule has 0 radical (unpaired) electrons. The first-order valence-electron chi connectivity index (χ1n) is 11.7. The molecule has 0 spiro atoms. The summed E-state index contributed by atoms with van der Waals surface area (Å²) in [7, 11) is -3.27. The predicted octanol–water partition coefficient (Wildman–Crippen LogP) is 4.74. The molecule has 0 fully saturated rings. The monoisotopic (exact) mass is 597 g/mol. The number of rotatable bonds is 6. The minimum absolute atomic E-state index is 0.116. The maximum Gasteiger partial charge on any atom is 0.254 e. The lowest BCUT2D eigenvalue weighted by atomic mass is 9.91. The zero-order chi connectivity index (χ0) is 26.2. The number of hydrogen-bond acceptors (Lipinski definition) is 6. The van der Waals surface area contributed by atoms with Crippen molar-refractivity contribution in [2.75, 3.05) is 6.26 Å². The van der Waals surface area contributed by atoms with Gasteiger partial charge in [0.25, 0.3) is 5.91 Å². The Morgan fingerprint density at radius 1 is 1.08 bits per heavy atom. The van der Waals surface area contributed by atoms with Crippen LogP contribution in [0.1, 0.15) is 33.5 Å². The lowest BCUT2D eigenvalue weighted by Crippen LogP contribution is -2.46. The van der Waals surface area contributed by atoms with Crippen LogP contribution in [0, 0.1) is 0 Å². The number of amides is 2. The van der Waals surface area contributed by atoms with E-state index >= 15 is 0 Å².